The van der Waals surface area contributed by atoms with Crippen molar-refractivity contribution in [2.45, 2.75) is 26.8 Å². The lowest BCUT2D eigenvalue weighted by molar-refractivity contribution is -0.113. The number of carbonyl (C=O) groups excluding carboxylic acids is 1. The van der Waals surface area contributed by atoms with Gasteiger partial charge in [0.25, 0.3) is 5.91 Å². The van der Waals surface area contributed by atoms with Gasteiger partial charge in [0.05, 0.1) is 5.57 Å². The number of aryl methyl sites for hydroxylation is 2. The van der Waals surface area contributed by atoms with Gasteiger partial charge in [0.15, 0.2) is 0 Å². The molecule has 3 aromatic rings. The molecule has 0 radical (unpaired) electrons. The molecule has 0 saturated heterocycles. The lowest BCUT2D eigenvalue weighted by atomic mass is 9.94. The maximum atomic E-state index is 13.4. The Labute approximate surface area is 178 Å². The third kappa shape index (κ3) is 3.61. The summed E-state index contributed by atoms with van der Waals surface area (Å²) in [5.74, 6) is 0.306. The van der Waals surface area contributed by atoms with Gasteiger partial charge in [-0.05, 0) is 44.5 Å². The van der Waals surface area contributed by atoms with Crippen molar-refractivity contribution in [3.63, 3.8) is 0 Å². The van der Waals surface area contributed by atoms with Gasteiger partial charge in [-0.2, -0.15) is 10.1 Å². The van der Waals surface area contributed by atoms with E-state index in [1.165, 1.54) is 6.33 Å². The summed E-state index contributed by atoms with van der Waals surface area (Å²) >= 11 is 12.6. The summed E-state index contributed by atoms with van der Waals surface area (Å²) in [6, 6.07) is 10.6. The number of allylic oxidation sites excluding steroid dienone is 1. The lowest BCUT2D eigenvalue weighted by Gasteiger charge is -2.29. The third-order valence-electron chi connectivity index (χ3n) is 4.93. The van der Waals surface area contributed by atoms with Gasteiger partial charge in [-0.25, -0.2) is 4.68 Å². The van der Waals surface area contributed by atoms with Crippen molar-refractivity contribution in [2.24, 2.45) is 0 Å². The van der Waals surface area contributed by atoms with E-state index in [1.807, 2.05) is 45.0 Å². The maximum absolute atomic E-state index is 13.4. The van der Waals surface area contributed by atoms with Crippen LogP contribution in [0.15, 0.2) is 54.0 Å². The fourth-order valence-electron chi connectivity index (χ4n) is 3.54. The first kappa shape index (κ1) is 19.5. The van der Waals surface area contributed by atoms with Gasteiger partial charge >= 0.3 is 0 Å². The van der Waals surface area contributed by atoms with Gasteiger partial charge in [-0.3, -0.25) is 4.79 Å². The first-order valence-electron chi connectivity index (χ1n) is 9.06. The highest BCUT2D eigenvalue weighted by Crippen LogP contribution is 2.39. The summed E-state index contributed by atoms with van der Waals surface area (Å²) in [5, 5.41) is 11.5. The first-order valence-corrected chi connectivity index (χ1v) is 9.81. The molecule has 0 spiro atoms. The highest BCUT2D eigenvalue weighted by atomic mass is 35.5. The lowest BCUT2D eigenvalue weighted by Crippen LogP contribution is -2.31. The summed E-state index contributed by atoms with van der Waals surface area (Å²) in [4.78, 5) is 17.6. The van der Waals surface area contributed by atoms with Crippen LogP contribution >= 0.6 is 23.2 Å². The minimum atomic E-state index is -0.538. The molecule has 1 aliphatic rings. The molecule has 0 fully saturated rings. The summed E-state index contributed by atoms with van der Waals surface area (Å²) in [7, 11) is 0. The largest absolute Gasteiger partial charge is 0.328 e. The molecule has 0 aliphatic carbocycles. The zero-order valence-electron chi connectivity index (χ0n) is 16.1. The number of nitrogens with zero attached hydrogens (tertiary/aromatic N) is 3. The summed E-state index contributed by atoms with van der Waals surface area (Å²) in [5.41, 5.74) is 4.79. The van der Waals surface area contributed by atoms with Crippen molar-refractivity contribution in [2.75, 3.05) is 10.6 Å². The number of fused-ring (bicyclic) bond motifs is 1. The highest BCUT2D eigenvalue weighted by molar-refractivity contribution is 6.35. The van der Waals surface area contributed by atoms with E-state index in [4.69, 9.17) is 23.2 Å². The second-order valence-corrected chi connectivity index (χ2v) is 7.88. The number of hydrogen-bond donors (Lipinski definition) is 2. The number of anilines is 2. The molecule has 0 unspecified atom stereocenters. The zero-order valence-corrected chi connectivity index (χ0v) is 17.6. The Morgan fingerprint density at radius 1 is 1.14 bits per heavy atom. The van der Waals surface area contributed by atoms with Crippen LogP contribution < -0.4 is 10.6 Å². The number of rotatable bonds is 3. The van der Waals surface area contributed by atoms with Gasteiger partial charge in [0, 0.05) is 27.0 Å². The van der Waals surface area contributed by atoms with Crippen LogP contribution in [0.4, 0.5) is 11.6 Å². The molecule has 0 bridgehead atoms. The predicted octanol–water partition coefficient (Wildman–Crippen LogP) is 5.13. The van der Waals surface area contributed by atoms with Crippen LogP contribution in [0.5, 0.6) is 0 Å². The van der Waals surface area contributed by atoms with Crippen molar-refractivity contribution in [1.82, 2.24) is 14.8 Å². The van der Waals surface area contributed by atoms with Crippen LogP contribution in [0.3, 0.4) is 0 Å². The Kier molecular flexibility index (Phi) is 5.06. The van der Waals surface area contributed by atoms with Gasteiger partial charge in [-0.15, -0.1) is 0 Å². The molecule has 2 heterocycles. The topological polar surface area (TPSA) is 71.8 Å². The normalized spacial score (nSPS) is 15.7. The molecule has 1 atom stereocenters. The van der Waals surface area contributed by atoms with Gasteiger partial charge in [-0.1, -0.05) is 47.0 Å². The molecule has 29 heavy (non-hydrogen) atoms. The van der Waals surface area contributed by atoms with Crippen molar-refractivity contribution >= 4 is 40.7 Å². The quantitative estimate of drug-likeness (QED) is 0.607. The minimum Gasteiger partial charge on any atom is -0.328 e. The molecular formula is C21H19Cl2N5O. The summed E-state index contributed by atoms with van der Waals surface area (Å²) in [6.45, 7) is 5.82. The van der Waals surface area contributed by atoms with E-state index >= 15 is 0 Å². The predicted molar refractivity (Wildman–Crippen MR) is 115 cm³/mol. The fourth-order valence-corrected chi connectivity index (χ4v) is 4.05. The monoisotopic (exact) mass is 427 g/mol. The van der Waals surface area contributed by atoms with Gasteiger partial charge in [0.1, 0.15) is 12.4 Å². The van der Waals surface area contributed by atoms with Crippen LogP contribution in [0.2, 0.25) is 10.0 Å². The standard InChI is InChI=1S/C21H19Cl2N5O/c1-11-4-7-17(12(2)8-11)27-20(29)18-13(3)26-21-24-10-25-28(21)19(18)15-6-5-14(22)9-16(15)23/h4-10,19H,1-3H3,(H,27,29)(H,24,25,26)/t19-/m0/s1. The van der Waals surface area contributed by atoms with Crippen molar-refractivity contribution < 1.29 is 4.79 Å². The van der Waals surface area contributed by atoms with Gasteiger partial charge < -0.3 is 10.6 Å². The number of aromatic nitrogens is 3. The second-order valence-electron chi connectivity index (χ2n) is 7.03. The van der Waals surface area contributed by atoms with Crippen LogP contribution in [-0.4, -0.2) is 20.7 Å². The molecule has 6 nitrogen and oxygen atoms in total. The Hall–Kier alpha value is -2.83. The molecule has 1 amide bonds. The van der Waals surface area contributed by atoms with E-state index < -0.39 is 6.04 Å². The van der Waals surface area contributed by atoms with Crippen molar-refractivity contribution in [3.05, 3.63) is 80.7 Å². The number of carbonyl (C=O) groups is 1. The molecule has 2 aromatic carbocycles. The first-order chi connectivity index (χ1) is 13.8. The number of halogens is 2. The molecule has 1 aromatic heterocycles. The Bertz CT molecular complexity index is 1150. The van der Waals surface area contributed by atoms with Crippen molar-refractivity contribution in [1.29, 1.82) is 0 Å². The van der Waals surface area contributed by atoms with E-state index in [1.54, 1.807) is 16.8 Å². The van der Waals surface area contributed by atoms with Crippen molar-refractivity contribution in [3.8, 4) is 0 Å². The third-order valence-corrected chi connectivity index (χ3v) is 5.49. The maximum Gasteiger partial charge on any atom is 0.255 e. The SMILES string of the molecule is CC1=C(C(=O)Nc2ccc(C)cc2C)[C@H](c2ccc(Cl)cc2Cl)n2ncnc2N1. The Morgan fingerprint density at radius 2 is 1.93 bits per heavy atom. The molecule has 0 saturated carbocycles. The van der Waals surface area contributed by atoms with E-state index in [9.17, 15) is 4.79 Å². The van der Waals surface area contributed by atoms with Crippen LogP contribution in [-0.2, 0) is 4.79 Å². The van der Waals surface area contributed by atoms with E-state index in [0.717, 1.165) is 22.4 Å². The average Bonchev–Trinajstić information content (AvgIpc) is 3.11. The molecule has 1 aliphatic heterocycles. The number of hydrogen-bond acceptors (Lipinski definition) is 4. The Balaban J connectivity index is 1.79. The van der Waals surface area contributed by atoms with E-state index in [0.29, 0.717) is 27.3 Å². The van der Waals surface area contributed by atoms with Crippen LogP contribution in [0.1, 0.15) is 29.7 Å². The van der Waals surface area contributed by atoms with Gasteiger partial charge in [0.2, 0.25) is 5.95 Å². The smallest absolute Gasteiger partial charge is 0.255 e. The highest BCUT2D eigenvalue weighted by Gasteiger charge is 2.34. The van der Waals surface area contributed by atoms with Crippen LogP contribution in [0, 0.1) is 13.8 Å². The summed E-state index contributed by atoms with van der Waals surface area (Å²) < 4.78 is 1.65. The summed E-state index contributed by atoms with van der Waals surface area (Å²) in [6.07, 6.45) is 1.44. The molecule has 8 heteroatoms. The fraction of sp³-hybridized carbons (Fsp3) is 0.190. The average molecular weight is 428 g/mol. The molecule has 4 rings (SSSR count). The molecular weight excluding hydrogens is 409 g/mol. The minimum absolute atomic E-state index is 0.237. The van der Waals surface area contributed by atoms with Crippen LogP contribution in [0.25, 0.3) is 0 Å². The second kappa shape index (κ2) is 7.54. The number of benzene rings is 2. The van der Waals surface area contributed by atoms with E-state index in [2.05, 4.69) is 20.7 Å². The zero-order chi connectivity index (χ0) is 20.7. The molecule has 2 N–H and O–H groups in total. The number of amides is 1. The molecule has 148 valence electrons. The number of nitrogens with one attached hydrogen (secondary N) is 2. The Morgan fingerprint density at radius 3 is 2.66 bits per heavy atom. The van der Waals surface area contributed by atoms with E-state index in [-0.39, 0.29) is 5.91 Å².